The Balaban J connectivity index is 1.88. The van der Waals surface area contributed by atoms with E-state index in [0.717, 1.165) is 36.8 Å². The lowest BCUT2D eigenvalue weighted by Gasteiger charge is -2.22. The molecule has 2 heteroatoms. The maximum absolute atomic E-state index is 5.82. The van der Waals surface area contributed by atoms with Crippen LogP contribution in [0.25, 0.3) is 11.0 Å². The first-order valence-corrected chi connectivity index (χ1v) is 6.52. The Morgan fingerprint density at radius 3 is 2.94 bits per heavy atom. The van der Waals surface area contributed by atoms with Crippen molar-refractivity contribution >= 4 is 11.0 Å². The summed E-state index contributed by atoms with van der Waals surface area (Å²) in [6.45, 7) is 4.35. The topological polar surface area (TPSA) is 25.2 Å². The fourth-order valence-corrected chi connectivity index (χ4v) is 2.81. The van der Waals surface area contributed by atoms with Gasteiger partial charge in [0, 0.05) is 5.39 Å². The van der Waals surface area contributed by atoms with Crippen molar-refractivity contribution < 1.29 is 4.42 Å². The van der Waals surface area contributed by atoms with Crippen LogP contribution in [0.3, 0.4) is 0 Å². The van der Waals surface area contributed by atoms with E-state index in [9.17, 15) is 0 Å². The third kappa shape index (κ3) is 2.22. The summed E-state index contributed by atoms with van der Waals surface area (Å²) in [5, 5.41) is 4.66. The van der Waals surface area contributed by atoms with Crippen LogP contribution in [-0.2, 0) is 6.42 Å². The van der Waals surface area contributed by atoms with E-state index >= 15 is 0 Å². The van der Waals surface area contributed by atoms with Gasteiger partial charge in [-0.3, -0.25) is 0 Å². The molecule has 0 saturated carbocycles. The maximum atomic E-state index is 5.82. The van der Waals surface area contributed by atoms with Crippen LogP contribution in [0.4, 0.5) is 0 Å². The summed E-state index contributed by atoms with van der Waals surface area (Å²) in [5.74, 6) is 1.82. The summed E-state index contributed by atoms with van der Waals surface area (Å²) in [7, 11) is 0. The molecule has 2 nitrogen and oxygen atoms in total. The predicted octanol–water partition coefficient (Wildman–Crippen LogP) is 3.28. The number of rotatable bonds is 2. The molecule has 1 N–H and O–H groups in total. The third-order valence-electron chi connectivity index (χ3n) is 3.72. The SMILES string of the molecule is Cc1cc2cccc(CC3CCNCC3)c2o1. The second-order valence-electron chi connectivity index (χ2n) is 5.09. The Bertz CT molecular complexity index is 509. The van der Waals surface area contributed by atoms with E-state index in [0.29, 0.717) is 0 Å². The molecular formula is C15H19NO. The fourth-order valence-electron chi connectivity index (χ4n) is 2.81. The number of nitrogens with one attached hydrogen (secondary N) is 1. The number of furan rings is 1. The highest BCUT2D eigenvalue weighted by Gasteiger charge is 2.15. The molecule has 0 unspecified atom stereocenters. The molecule has 1 aliphatic rings. The van der Waals surface area contributed by atoms with Gasteiger partial charge in [-0.1, -0.05) is 18.2 Å². The number of aryl methyl sites for hydroxylation is 1. The van der Waals surface area contributed by atoms with E-state index in [4.69, 9.17) is 4.42 Å². The van der Waals surface area contributed by atoms with Crippen LogP contribution < -0.4 is 5.32 Å². The van der Waals surface area contributed by atoms with Crippen LogP contribution >= 0.6 is 0 Å². The van der Waals surface area contributed by atoms with E-state index in [1.165, 1.54) is 23.8 Å². The zero-order valence-electron chi connectivity index (χ0n) is 10.3. The molecule has 0 radical (unpaired) electrons. The lowest BCUT2D eigenvalue weighted by Crippen LogP contribution is -2.28. The van der Waals surface area contributed by atoms with Crippen LogP contribution in [-0.4, -0.2) is 13.1 Å². The molecule has 1 saturated heterocycles. The van der Waals surface area contributed by atoms with Gasteiger partial charge in [-0.15, -0.1) is 0 Å². The molecule has 0 aliphatic carbocycles. The number of benzene rings is 1. The van der Waals surface area contributed by atoms with Crippen LogP contribution in [0.15, 0.2) is 28.7 Å². The molecule has 1 aliphatic heterocycles. The van der Waals surface area contributed by atoms with Crippen molar-refractivity contribution in [3.8, 4) is 0 Å². The van der Waals surface area contributed by atoms with Gasteiger partial charge < -0.3 is 9.73 Å². The molecular weight excluding hydrogens is 210 g/mol. The molecule has 2 aromatic rings. The van der Waals surface area contributed by atoms with E-state index in [2.05, 4.69) is 29.6 Å². The van der Waals surface area contributed by atoms with Crippen molar-refractivity contribution in [2.75, 3.05) is 13.1 Å². The Morgan fingerprint density at radius 1 is 1.29 bits per heavy atom. The number of piperidine rings is 1. The van der Waals surface area contributed by atoms with Crippen LogP contribution in [0.1, 0.15) is 24.2 Å². The molecule has 0 spiro atoms. The second kappa shape index (κ2) is 4.53. The smallest absolute Gasteiger partial charge is 0.137 e. The van der Waals surface area contributed by atoms with Gasteiger partial charge in [0.05, 0.1) is 0 Å². The van der Waals surface area contributed by atoms with Crippen LogP contribution in [0.5, 0.6) is 0 Å². The lowest BCUT2D eigenvalue weighted by molar-refractivity contribution is 0.372. The van der Waals surface area contributed by atoms with Gasteiger partial charge in [0.25, 0.3) is 0 Å². The van der Waals surface area contributed by atoms with E-state index in [1.54, 1.807) is 0 Å². The first kappa shape index (κ1) is 10.8. The Hall–Kier alpha value is -1.28. The molecule has 0 bridgehead atoms. The highest BCUT2D eigenvalue weighted by Crippen LogP contribution is 2.26. The van der Waals surface area contributed by atoms with Crippen LogP contribution in [0.2, 0.25) is 0 Å². The van der Waals surface area contributed by atoms with Gasteiger partial charge in [0.1, 0.15) is 11.3 Å². The Morgan fingerprint density at radius 2 is 2.12 bits per heavy atom. The third-order valence-corrected chi connectivity index (χ3v) is 3.72. The second-order valence-corrected chi connectivity index (χ2v) is 5.09. The molecule has 1 aromatic heterocycles. The summed E-state index contributed by atoms with van der Waals surface area (Å²) in [4.78, 5) is 0. The number of para-hydroxylation sites is 1. The summed E-state index contributed by atoms with van der Waals surface area (Å²) in [6.07, 6.45) is 3.73. The Labute approximate surface area is 102 Å². The van der Waals surface area contributed by atoms with Crippen molar-refractivity contribution in [2.45, 2.75) is 26.2 Å². The van der Waals surface area contributed by atoms with E-state index in [1.807, 2.05) is 6.92 Å². The minimum atomic E-state index is 0.812. The van der Waals surface area contributed by atoms with Gasteiger partial charge in [-0.05, 0) is 56.8 Å². The summed E-state index contributed by atoms with van der Waals surface area (Å²) < 4.78 is 5.82. The van der Waals surface area contributed by atoms with Gasteiger partial charge in [-0.2, -0.15) is 0 Å². The first-order chi connectivity index (χ1) is 8.33. The van der Waals surface area contributed by atoms with Gasteiger partial charge in [0.2, 0.25) is 0 Å². The van der Waals surface area contributed by atoms with Crippen LogP contribution in [0, 0.1) is 12.8 Å². The minimum absolute atomic E-state index is 0.812. The lowest BCUT2D eigenvalue weighted by atomic mass is 9.90. The van der Waals surface area contributed by atoms with Gasteiger partial charge in [-0.25, -0.2) is 0 Å². The number of fused-ring (bicyclic) bond motifs is 1. The quantitative estimate of drug-likeness (QED) is 0.855. The minimum Gasteiger partial charge on any atom is -0.461 e. The van der Waals surface area contributed by atoms with Crippen molar-refractivity contribution in [3.05, 3.63) is 35.6 Å². The molecule has 3 rings (SSSR count). The van der Waals surface area contributed by atoms with Crippen molar-refractivity contribution in [2.24, 2.45) is 5.92 Å². The average Bonchev–Trinajstić information content (AvgIpc) is 2.72. The molecule has 0 amide bonds. The maximum Gasteiger partial charge on any atom is 0.137 e. The van der Waals surface area contributed by atoms with E-state index < -0.39 is 0 Å². The molecule has 2 heterocycles. The van der Waals surface area contributed by atoms with Gasteiger partial charge >= 0.3 is 0 Å². The van der Waals surface area contributed by atoms with E-state index in [-0.39, 0.29) is 0 Å². The average molecular weight is 229 g/mol. The fraction of sp³-hybridized carbons (Fsp3) is 0.467. The summed E-state index contributed by atoms with van der Waals surface area (Å²) in [5.41, 5.74) is 2.48. The molecule has 1 fully saturated rings. The highest BCUT2D eigenvalue weighted by atomic mass is 16.3. The van der Waals surface area contributed by atoms with Crippen molar-refractivity contribution in [3.63, 3.8) is 0 Å². The normalized spacial score (nSPS) is 17.7. The number of hydrogen-bond donors (Lipinski definition) is 1. The zero-order chi connectivity index (χ0) is 11.7. The molecule has 90 valence electrons. The predicted molar refractivity (Wildman–Crippen MR) is 70.2 cm³/mol. The molecule has 17 heavy (non-hydrogen) atoms. The monoisotopic (exact) mass is 229 g/mol. The molecule has 1 aromatic carbocycles. The highest BCUT2D eigenvalue weighted by molar-refractivity contribution is 5.81. The van der Waals surface area contributed by atoms with Crippen molar-refractivity contribution in [1.82, 2.24) is 5.32 Å². The summed E-state index contributed by atoms with van der Waals surface area (Å²) >= 11 is 0. The largest absolute Gasteiger partial charge is 0.461 e. The summed E-state index contributed by atoms with van der Waals surface area (Å²) in [6, 6.07) is 8.63. The number of hydrogen-bond acceptors (Lipinski definition) is 2. The Kier molecular flexibility index (Phi) is 2.89. The zero-order valence-corrected chi connectivity index (χ0v) is 10.3. The first-order valence-electron chi connectivity index (χ1n) is 6.52. The standard InChI is InChI=1S/C15H19NO/c1-11-9-13-3-2-4-14(15(13)17-11)10-12-5-7-16-8-6-12/h2-4,9,12,16H,5-8,10H2,1H3. The van der Waals surface area contributed by atoms with Crippen molar-refractivity contribution in [1.29, 1.82) is 0 Å². The van der Waals surface area contributed by atoms with Gasteiger partial charge in [0.15, 0.2) is 0 Å². The molecule has 0 atom stereocenters.